The molecule has 0 heterocycles. The van der Waals surface area contributed by atoms with E-state index in [1.807, 2.05) is 31.2 Å². The summed E-state index contributed by atoms with van der Waals surface area (Å²) in [6, 6.07) is 12.2. The summed E-state index contributed by atoms with van der Waals surface area (Å²) in [7, 11) is 0. The van der Waals surface area contributed by atoms with Crippen LogP contribution in [0.3, 0.4) is 0 Å². The third-order valence-electron chi connectivity index (χ3n) is 2.51. The van der Waals surface area contributed by atoms with E-state index in [0.29, 0.717) is 11.3 Å². The van der Waals surface area contributed by atoms with Crippen LogP contribution in [0, 0.1) is 12.7 Å². The maximum atomic E-state index is 13.6. The van der Waals surface area contributed by atoms with Crippen LogP contribution in [0.25, 0.3) is 0 Å². The van der Waals surface area contributed by atoms with Gasteiger partial charge in [0.15, 0.2) is 11.6 Å². The molecule has 2 aromatic rings. The van der Waals surface area contributed by atoms with Gasteiger partial charge in [-0.25, -0.2) is 4.39 Å². The first kappa shape index (κ1) is 11.6. The fourth-order valence-electron chi connectivity index (χ4n) is 1.55. The van der Waals surface area contributed by atoms with Crippen LogP contribution < -0.4 is 10.5 Å². The molecule has 0 aliphatic carbocycles. The smallest absolute Gasteiger partial charge is 0.167 e. The van der Waals surface area contributed by atoms with E-state index in [-0.39, 0.29) is 12.3 Å². The van der Waals surface area contributed by atoms with Gasteiger partial charge in [0.05, 0.1) is 0 Å². The Balaban J connectivity index is 2.32. The zero-order valence-electron chi connectivity index (χ0n) is 9.61. The molecule has 2 N–H and O–H groups in total. The number of halogens is 1. The summed E-state index contributed by atoms with van der Waals surface area (Å²) in [6.45, 7) is 2.23. The molecule has 0 fully saturated rings. The van der Waals surface area contributed by atoms with Crippen molar-refractivity contribution in [3.8, 4) is 11.5 Å². The maximum Gasteiger partial charge on any atom is 0.167 e. The third kappa shape index (κ3) is 2.63. The van der Waals surface area contributed by atoms with Gasteiger partial charge in [-0.2, -0.15) is 0 Å². The van der Waals surface area contributed by atoms with E-state index < -0.39 is 5.82 Å². The Morgan fingerprint density at radius 1 is 1.12 bits per heavy atom. The Hall–Kier alpha value is -1.87. The largest absolute Gasteiger partial charge is 0.454 e. The second-order valence-electron chi connectivity index (χ2n) is 3.85. The van der Waals surface area contributed by atoms with Crippen LogP contribution in [-0.2, 0) is 6.54 Å². The zero-order chi connectivity index (χ0) is 12.3. The van der Waals surface area contributed by atoms with Crippen LogP contribution in [0.1, 0.15) is 11.1 Å². The number of hydrogen-bond acceptors (Lipinski definition) is 2. The molecular formula is C14H14FNO. The molecule has 0 unspecified atom stereocenters. The maximum absolute atomic E-state index is 13.6. The lowest BCUT2D eigenvalue weighted by atomic mass is 10.2. The van der Waals surface area contributed by atoms with E-state index in [1.165, 1.54) is 6.07 Å². The van der Waals surface area contributed by atoms with Gasteiger partial charge >= 0.3 is 0 Å². The average Bonchev–Trinajstić information content (AvgIpc) is 2.34. The number of rotatable bonds is 3. The Morgan fingerprint density at radius 3 is 2.47 bits per heavy atom. The molecule has 3 heteroatoms. The van der Waals surface area contributed by atoms with E-state index >= 15 is 0 Å². The quantitative estimate of drug-likeness (QED) is 0.878. The first-order valence-corrected chi connectivity index (χ1v) is 5.42. The summed E-state index contributed by atoms with van der Waals surface area (Å²) in [6.07, 6.45) is 0. The van der Waals surface area contributed by atoms with Crippen LogP contribution in [0.5, 0.6) is 11.5 Å². The molecule has 17 heavy (non-hydrogen) atoms. The minimum atomic E-state index is -0.395. The molecule has 0 aromatic heterocycles. The first-order valence-electron chi connectivity index (χ1n) is 5.42. The average molecular weight is 231 g/mol. The molecule has 0 radical (unpaired) electrons. The van der Waals surface area contributed by atoms with E-state index in [2.05, 4.69) is 0 Å². The summed E-state index contributed by atoms with van der Waals surface area (Å²) in [4.78, 5) is 0. The molecule has 0 saturated carbocycles. The Labute approximate surface area is 99.8 Å². The molecule has 0 saturated heterocycles. The van der Waals surface area contributed by atoms with Crippen LogP contribution >= 0.6 is 0 Å². The van der Waals surface area contributed by atoms with Gasteiger partial charge < -0.3 is 10.5 Å². The van der Waals surface area contributed by atoms with Crippen LogP contribution in [-0.4, -0.2) is 0 Å². The Morgan fingerprint density at radius 2 is 1.82 bits per heavy atom. The molecule has 0 spiro atoms. The second kappa shape index (κ2) is 4.97. The highest BCUT2D eigenvalue weighted by molar-refractivity contribution is 5.39. The lowest BCUT2D eigenvalue weighted by Crippen LogP contribution is -2.01. The van der Waals surface area contributed by atoms with Gasteiger partial charge in [0.25, 0.3) is 0 Å². The van der Waals surface area contributed by atoms with Gasteiger partial charge in [-0.05, 0) is 25.1 Å². The van der Waals surface area contributed by atoms with Gasteiger partial charge in [0.1, 0.15) is 5.75 Å². The molecule has 2 rings (SSSR count). The normalized spacial score (nSPS) is 10.3. The molecule has 88 valence electrons. The highest BCUT2D eigenvalue weighted by Crippen LogP contribution is 2.28. The van der Waals surface area contributed by atoms with Gasteiger partial charge in [0, 0.05) is 12.1 Å². The summed E-state index contributed by atoms with van der Waals surface area (Å²) >= 11 is 0. The van der Waals surface area contributed by atoms with Gasteiger partial charge in [-0.1, -0.05) is 29.8 Å². The van der Waals surface area contributed by atoms with Crippen LogP contribution in [0.4, 0.5) is 4.39 Å². The van der Waals surface area contributed by atoms with Crippen molar-refractivity contribution in [1.29, 1.82) is 0 Å². The highest BCUT2D eigenvalue weighted by Gasteiger charge is 2.09. The number of aryl methyl sites for hydroxylation is 1. The number of benzene rings is 2. The lowest BCUT2D eigenvalue weighted by molar-refractivity contribution is 0.436. The van der Waals surface area contributed by atoms with Crippen molar-refractivity contribution in [3.63, 3.8) is 0 Å². The number of para-hydroxylation sites is 1. The third-order valence-corrected chi connectivity index (χ3v) is 2.51. The monoisotopic (exact) mass is 231 g/mol. The molecule has 0 aliphatic rings. The standard InChI is InChI=1S/C14H14FNO/c1-10-5-7-12(8-6-10)17-14-11(9-16)3-2-4-13(14)15/h2-8H,9,16H2,1H3. The molecule has 2 nitrogen and oxygen atoms in total. The summed E-state index contributed by atoms with van der Waals surface area (Å²) in [5, 5.41) is 0. The minimum absolute atomic E-state index is 0.207. The lowest BCUT2D eigenvalue weighted by Gasteiger charge is -2.10. The Kier molecular flexibility index (Phi) is 3.40. The van der Waals surface area contributed by atoms with Gasteiger partial charge in [-0.3, -0.25) is 0 Å². The minimum Gasteiger partial charge on any atom is -0.454 e. The highest BCUT2D eigenvalue weighted by atomic mass is 19.1. The second-order valence-corrected chi connectivity index (χ2v) is 3.85. The summed E-state index contributed by atoms with van der Waals surface area (Å²) in [5.41, 5.74) is 7.34. The number of hydrogen-bond donors (Lipinski definition) is 1. The molecule has 0 atom stereocenters. The molecule has 0 aliphatic heterocycles. The van der Waals surface area contributed by atoms with Crippen LogP contribution in [0.2, 0.25) is 0 Å². The van der Waals surface area contributed by atoms with E-state index in [9.17, 15) is 4.39 Å². The van der Waals surface area contributed by atoms with E-state index in [1.54, 1.807) is 12.1 Å². The van der Waals surface area contributed by atoms with Crippen molar-refractivity contribution in [2.75, 3.05) is 0 Å². The van der Waals surface area contributed by atoms with Crippen molar-refractivity contribution < 1.29 is 9.13 Å². The topological polar surface area (TPSA) is 35.2 Å². The van der Waals surface area contributed by atoms with Crippen LogP contribution in [0.15, 0.2) is 42.5 Å². The van der Waals surface area contributed by atoms with E-state index in [4.69, 9.17) is 10.5 Å². The van der Waals surface area contributed by atoms with Crippen molar-refractivity contribution in [2.45, 2.75) is 13.5 Å². The molecular weight excluding hydrogens is 217 g/mol. The fourth-order valence-corrected chi connectivity index (χ4v) is 1.55. The van der Waals surface area contributed by atoms with Crippen molar-refractivity contribution in [3.05, 3.63) is 59.4 Å². The zero-order valence-corrected chi connectivity index (χ0v) is 9.61. The predicted molar refractivity (Wildman–Crippen MR) is 65.5 cm³/mol. The van der Waals surface area contributed by atoms with Crippen molar-refractivity contribution in [1.82, 2.24) is 0 Å². The van der Waals surface area contributed by atoms with Crippen molar-refractivity contribution in [2.24, 2.45) is 5.73 Å². The van der Waals surface area contributed by atoms with Crippen molar-refractivity contribution >= 4 is 0 Å². The molecule has 0 bridgehead atoms. The summed E-state index contributed by atoms with van der Waals surface area (Å²) in [5.74, 6) is 0.419. The predicted octanol–water partition coefficient (Wildman–Crippen LogP) is 3.39. The first-order chi connectivity index (χ1) is 8.20. The SMILES string of the molecule is Cc1ccc(Oc2c(F)cccc2CN)cc1. The Bertz CT molecular complexity index is 508. The number of nitrogens with two attached hydrogens (primary N) is 1. The van der Waals surface area contributed by atoms with Gasteiger partial charge in [-0.15, -0.1) is 0 Å². The van der Waals surface area contributed by atoms with E-state index in [0.717, 1.165) is 5.56 Å². The molecule has 0 amide bonds. The molecule has 2 aromatic carbocycles. The fraction of sp³-hybridized carbons (Fsp3) is 0.143. The number of ether oxygens (including phenoxy) is 1. The van der Waals surface area contributed by atoms with Gasteiger partial charge in [0.2, 0.25) is 0 Å². The summed E-state index contributed by atoms with van der Waals surface area (Å²) < 4.78 is 19.2.